The summed E-state index contributed by atoms with van der Waals surface area (Å²) < 4.78 is 1.19. The van der Waals surface area contributed by atoms with E-state index in [4.69, 9.17) is 11.6 Å². The van der Waals surface area contributed by atoms with Crippen molar-refractivity contribution in [2.24, 2.45) is 5.92 Å². The van der Waals surface area contributed by atoms with Crippen LogP contribution in [0.1, 0.15) is 23.9 Å². The summed E-state index contributed by atoms with van der Waals surface area (Å²) in [5, 5.41) is 14.6. The van der Waals surface area contributed by atoms with E-state index in [-0.39, 0.29) is 12.6 Å². The zero-order valence-corrected chi connectivity index (χ0v) is 14.9. The summed E-state index contributed by atoms with van der Waals surface area (Å²) >= 11 is 7.21. The third-order valence-electron chi connectivity index (χ3n) is 3.87. The van der Waals surface area contributed by atoms with Crippen molar-refractivity contribution in [1.29, 1.82) is 0 Å². The number of aromatic nitrogens is 1. The topological polar surface area (TPSA) is 45.1 Å². The second-order valence-corrected chi connectivity index (χ2v) is 7.40. The average Bonchev–Trinajstić information content (AvgIpc) is 3.33. The highest BCUT2D eigenvalue weighted by Crippen LogP contribution is 2.30. The highest BCUT2D eigenvalue weighted by atomic mass is 35.5. The van der Waals surface area contributed by atoms with Crippen LogP contribution in [0.4, 0.5) is 0 Å². The molecule has 1 unspecified atom stereocenters. The second-order valence-electron chi connectivity index (χ2n) is 5.90. The minimum atomic E-state index is -0.00648. The van der Waals surface area contributed by atoms with Gasteiger partial charge in [0.25, 0.3) is 0 Å². The molecule has 1 aliphatic carbocycles. The van der Waals surface area contributed by atoms with E-state index in [9.17, 15) is 5.11 Å². The van der Waals surface area contributed by atoms with Crippen molar-refractivity contribution in [3.05, 3.63) is 64.6 Å². The Hall–Kier alpha value is -1.46. The molecule has 4 rings (SSSR count). The van der Waals surface area contributed by atoms with Crippen molar-refractivity contribution in [1.82, 2.24) is 10.3 Å². The molecule has 0 bridgehead atoms. The molecule has 1 saturated carbocycles. The largest absolute Gasteiger partial charge is 0.394 e. The van der Waals surface area contributed by atoms with Crippen LogP contribution in [-0.2, 0) is 0 Å². The first kappa shape index (κ1) is 17.4. The number of halogens is 1. The number of thiazole rings is 1. The molecule has 1 aliphatic rings. The van der Waals surface area contributed by atoms with E-state index in [1.807, 2.05) is 48.5 Å². The van der Waals surface area contributed by atoms with Gasteiger partial charge < -0.3 is 10.4 Å². The summed E-state index contributed by atoms with van der Waals surface area (Å²) in [5.41, 5.74) is 1.03. The maximum absolute atomic E-state index is 9.44. The van der Waals surface area contributed by atoms with Crippen LogP contribution >= 0.6 is 22.9 Å². The van der Waals surface area contributed by atoms with E-state index in [0.29, 0.717) is 0 Å². The Kier molecular flexibility index (Phi) is 6.21. The minimum Gasteiger partial charge on any atom is -0.394 e. The van der Waals surface area contributed by atoms with Crippen molar-refractivity contribution in [3.63, 3.8) is 0 Å². The van der Waals surface area contributed by atoms with Crippen LogP contribution in [0.5, 0.6) is 0 Å². The number of rotatable bonds is 5. The Labute approximate surface area is 151 Å². The quantitative estimate of drug-likeness (QED) is 0.695. The van der Waals surface area contributed by atoms with Gasteiger partial charge in [-0.2, -0.15) is 0 Å². The fourth-order valence-corrected chi connectivity index (χ4v) is 3.49. The van der Waals surface area contributed by atoms with Gasteiger partial charge in [0.2, 0.25) is 0 Å². The van der Waals surface area contributed by atoms with Crippen molar-refractivity contribution in [2.45, 2.75) is 18.9 Å². The van der Waals surface area contributed by atoms with Gasteiger partial charge in [-0.1, -0.05) is 41.9 Å². The Balaban J connectivity index is 0.000000203. The summed E-state index contributed by atoms with van der Waals surface area (Å²) in [4.78, 5) is 4.58. The number of aliphatic hydroxyl groups excluding tert-OH is 1. The number of nitrogens with one attached hydrogen (secondary N) is 1. The summed E-state index contributed by atoms with van der Waals surface area (Å²) in [5.74, 6) is 0.818. The molecule has 2 aromatic carbocycles. The number of nitrogens with zero attached hydrogens (tertiary/aromatic N) is 1. The van der Waals surface area contributed by atoms with Gasteiger partial charge in [-0.3, -0.25) is 0 Å². The second kappa shape index (κ2) is 8.58. The van der Waals surface area contributed by atoms with Gasteiger partial charge in [0.05, 0.1) is 22.9 Å². The molecule has 0 spiro atoms. The Bertz CT molecular complexity index is 725. The summed E-state index contributed by atoms with van der Waals surface area (Å²) in [7, 11) is 0. The molecule has 3 aromatic rings. The van der Waals surface area contributed by atoms with Gasteiger partial charge in [0, 0.05) is 5.02 Å². The van der Waals surface area contributed by atoms with Crippen LogP contribution in [0.15, 0.2) is 54.6 Å². The smallest absolute Gasteiger partial charge is 0.113 e. The molecule has 0 saturated heterocycles. The Morgan fingerprint density at radius 2 is 1.83 bits per heavy atom. The predicted molar refractivity (Wildman–Crippen MR) is 102 cm³/mol. The lowest BCUT2D eigenvalue weighted by Crippen LogP contribution is -2.26. The highest BCUT2D eigenvalue weighted by molar-refractivity contribution is 7.18. The van der Waals surface area contributed by atoms with E-state index in [2.05, 4.69) is 16.4 Å². The first-order chi connectivity index (χ1) is 11.8. The number of hydrogen-bond acceptors (Lipinski definition) is 4. The SMILES string of the molecule is Clc1ccccc1.OCC(NCC1CC1)c1nc2ccccc2s1. The number of benzene rings is 2. The van der Waals surface area contributed by atoms with E-state index in [0.717, 1.165) is 28.0 Å². The molecule has 0 radical (unpaired) electrons. The van der Waals surface area contributed by atoms with E-state index < -0.39 is 0 Å². The third-order valence-corrected chi connectivity index (χ3v) is 5.28. The number of aliphatic hydroxyl groups is 1. The molecule has 1 fully saturated rings. The summed E-state index contributed by atoms with van der Waals surface area (Å²) in [6.07, 6.45) is 2.65. The maximum Gasteiger partial charge on any atom is 0.113 e. The molecule has 5 heteroatoms. The lowest BCUT2D eigenvalue weighted by molar-refractivity contribution is 0.243. The van der Waals surface area contributed by atoms with E-state index in [1.165, 1.54) is 17.5 Å². The number of hydrogen-bond donors (Lipinski definition) is 2. The van der Waals surface area contributed by atoms with Gasteiger partial charge in [-0.15, -0.1) is 11.3 Å². The third kappa shape index (κ3) is 5.02. The van der Waals surface area contributed by atoms with Crippen LogP contribution in [-0.4, -0.2) is 23.2 Å². The first-order valence-electron chi connectivity index (χ1n) is 8.16. The number of para-hydroxylation sites is 1. The van der Waals surface area contributed by atoms with Gasteiger partial charge in [-0.05, 0) is 49.6 Å². The summed E-state index contributed by atoms with van der Waals surface area (Å²) in [6, 6.07) is 17.6. The average molecular weight is 361 g/mol. The first-order valence-corrected chi connectivity index (χ1v) is 9.36. The lowest BCUT2D eigenvalue weighted by Gasteiger charge is -2.12. The lowest BCUT2D eigenvalue weighted by atomic mass is 10.3. The molecule has 126 valence electrons. The predicted octanol–water partition coefficient (Wildman–Crippen LogP) is 4.67. The van der Waals surface area contributed by atoms with Crippen molar-refractivity contribution in [3.8, 4) is 0 Å². The molecule has 0 amide bonds. The zero-order valence-electron chi connectivity index (χ0n) is 13.4. The Morgan fingerprint density at radius 3 is 2.42 bits per heavy atom. The van der Waals surface area contributed by atoms with Gasteiger partial charge >= 0.3 is 0 Å². The van der Waals surface area contributed by atoms with Crippen LogP contribution in [0.3, 0.4) is 0 Å². The monoisotopic (exact) mass is 360 g/mol. The van der Waals surface area contributed by atoms with Crippen LogP contribution in [0, 0.1) is 5.92 Å². The van der Waals surface area contributed by atoms with Crippen molar-refractivity contribution < 1.29 is 5.11 Å². The molecule has 1 heterocycles. The van der Waals surface area contributed by atoms with Crippen molar-refractivity contribution in [2.75, 3.05) is 13.2 Å². The zero-order chi connectivity index (χ0) is 16.8. The fraction of sp³-hybridized carbons (Fsp3) is 0.316. The van der Waals surface area contributed by atoms with Crippen LogP contribution < -0.4 is 5.32 Å². The van der Waals surface area contributed by atoms with Crippen LogP contribution in [0.2, 0.25) is 5.02 Å². The molecular weight excluding hydrogens is 340 g/mol. The normalized spacial score (nSPS) is 14.9. The standard InChI is InChI=1S/C13H16N2OS.C6H5Cl/c16-8-11(14-7-9-5-6-9)13-15-10-3-1-2-4-12(10)17-13;7-6-4-2-1-3-5-6/h1-4,9,11,14,16H,5-8H2;1-5H. The molecular formula is C19H21ClN2OS. The van der Waals surface area contributed by atoms with Crippen molar-refractivity contribution >= 4 is 33.2 Å². The van der Waals surface area contributed by atoms with Crippen LogP contribution in [0.25, 0.3) is 10.2 Å². The molecule has 0 aliphatic heterocycles. The van der Waals surface area contributed by atoms with Gasteiger partial charge in [-0.25, -0.2) is 4.98 Å². The molecule has 2 N–H and O–H groups in total. The Morgan fingerprint density at radius 1 is 1.12 bits per heavy atom. The molecule has 3 nitrogen and oxygen atoms in total. The minimum absolute atomic E-state index is 0.00648. The molecule has 1 atom stereocenters. The van der Waals surface area contributed by atoms with Gasteiger partial charge in [0.15, 0.2) is 0 Å². The van der Waals surface area contributed by atoms with E-state index >= 15 is 0 Å². The maximum atomic E-state index is 9.44. The highest BCUT2D eigenvalue weighted by Gasteiger charge is 2.23. The number of fused-ring (bicyclic) bond motifs is 1. The molecule has 1 aromatic heterocycles. The fourth-order valence-electron chi connectivity index (χ4n) is 2.31. The van der Waals surface area contributed by atoms with Gasteiger partial charge in [0.1, 0.15) is 5.01 Å². The van der Waals surface area contributed by atoms with E-state index in [1.54, 1.807) is 11.3 Å². The molecule has 24 heavy (non-hydrogen) atoms. The summed E-state index contributed by atoms with van der Waals surface area (Å²) in [6.45, 7) is 1.12.